The first-order chi connectivity index (χ1) is 8.88. The number of benzene rings is 1. The Morgan fingerprint density at radius 2 is 1.63 bits per heavy atom. The number of rotatable bonds is 6. The third-order valence-electron chi connectivity index (χ3n) is 3.24. The van der Waals surface area contributed by atoms with Gasteiger partial charge in [0.25, 0.3) is 0 Å². The molecule has 0 saturated heterocycles. The minimum atomic E-state index is -4.33. The van der Waals surface area contributed by atoms with Crippen molar-refractivity contribution in [2.45, 2.75) is 32.5 Å². The second kappa shape index (κ2) is 6.91. The lowest BCUT2D eigenvalue weighted by atomic mass is 10.0. The number of hydrogen-bond acceptors (Lipinski definition) is 2. The third kappa shape index (κ3) is 4.84. The standard InChI is InChI=1S/C14H20F3NO/c1-3-18(4-2)10-9-13(19)11-5-7-12(8-6-11)14(15,16)17/h5-8,13,19H,3-4,9-10H2,1-2H3. The highest BCUT2D eigenvalue weighted by Crippen LogP contribution is 2.30. The first-order valence-electron chi connectivity index (χ1n) is 6.46. The Labute approximate surface area is 111 Å². The molecular formula is C14H20F3NO. The average Bonchev–Trinajstić information content (AvgIpc) is 2.39. The molecule has 2 nitrogen and oxygen atoms in total. The summed E-state index contributed by atoms with van der Waals surface area (Å²) in [7, 11) is 0. The molecule has 0 bridgehead atoms. The van der Waals surface area contributed by atoms with E-state index in [1.54, 1.807) is 0 Å². The minimum absolute atomic E-state index is 0.521. The monoisotopic (exact) mass is 275 g/mol. The van der Waals surface area contributed by atoms with Crippen LogP contribution >= 0.6 is 0 Å². The number of alkyl halides is 3. The summed E-state index contributed by atoms with van der Waals surface area (Å²) in [6.07, 6.45) is -4.53. The van der Waals surface area contributed by atoms with E-state index in [2.05, 4.69) is 4.90 Å². The number of hydrogen-bond donors (Lipinski definition) is 1. The Kier molecular flexibility index (Phi) is 5.82. The van der Waals surface area contributed by atoms with Crippen LogP contribution < -0.4 is 0 Å². The lowest BCUT2D eigenvalue weighted by Gasteiger charge is -2.20. The summed E-state index contributed by atoms with van der Waals surface area (Å²) in [5, 5.41) is 9.95. The van der Waals surface area contributed by atoms with Crippen LogP contribution in [-0.4, -0.2) is 29.6 Å². The summed E-state index contributed by atoms with van der Waals surface area (Å²) < 4.78 is 37.2. The maximum atomic E-state index is 12.4. The van der Waals surface area contributed by atoms with Gasteiger partial charge in [0, 0.05) is 6.54 Å². The highest BCUT2D eigenvalue weighted by molar-refractivity contribution is 5.25. The lowest BCUT2D eigenvalue weighted by Crippen LogP contribution is -2.25. The highest BCUT2D eigenvalue weighted by atomic mass is 19.4. The molecule has 0 aliphatic rings. The molecule has 0 aliphatic heterocycles. The summed E-state index contributed by atoms with van der Waals surface area (Å²) >= 11 is 0. The average molecular weight is 275 g/mol. The Hall–Kier alpha value is -1.07. The fraction of sp³-hybridized carbons (Fsp3) is 0.571. The van der Waals surface area contributed by atoms with Gasteiger partial charge in [0.05, 0.1) is 11.7 Å². The van der Waals surface area contributed by atoms with Gasteiger partial charge in [-0.3, -0.25) is 0 Å². The van der Waals surface area contributed by atoms with Crippen LogP contribution in [0.25, 0.3) is 0 Å². The van der Waals surface area contributed by atoms with Gasteiger partial charge in [-0.2, -0.15) is 13.2 Å². The molecular weight excluding hydrogens is 255 g/mol. The zero-order chi connectivity index (χ0) is 14.5. The molecule has 0 amide bonds. The van der Waals surface area contributed by atoms with Gasteiger partial charge in [-0.25, -0.2) is 0 Å². The quantitative estimate of drug-likeness (QED) is 0.859. The molecule has 1 N–H and O–H groups in total. The fourth-order valence-corrected chi connectivity index (χ4v) is 1.91. The summed E-state index contributed by atoms with van der Waals surface area (Å²) in [6.45, 7) is 6.60. The van der Waals surface area contributed by atoms with Crippen LogP contribution in [0.4, 0.5) is 13.2 Å². The summed E-state index contributed by atoms with van der Waals surface area (Å²) in [5.41, 5.74) is -0.160. The van der Waals surface area contributed by atoms with Crippen LogP contribution in [0.5, 0.6) is 0 Å². The molecule has 19 heavy (non-hydrogen) atoms. The summed E-state index contributed by atoms with van der Waals surface area (Å²) in [5.74, 6) is 0. The van der Waals surface area contributed by atoms with Crippen molar-refractivity contribution < 1.29 is 18.3 Å². The van der Waals surface area contributed by atoms with Gasteiger partial charge < -0.3 is 10.0 Å². The van der Waals surface area contributed by atoms with E-state index in [9.17, 15) is 18.3 Å². The van der Waals surface area contributed by atoms with E-state index in [1.165, 1.54) is 12.1 Å². The summed E-state index contributed by atoms with van der Waals surface area (Å²) in [4.78, 5) is 2.16. The Balaban J connectivity index is 2.60. The van der Waals surface area contributed by atoms with Gasteiger partial charge in [0.2, 0.25) is 0 Å². The topological polar surface area (TPSA) is 23.5 Å². The smallest absolute Gasteiger partial charge is 0.388 e. The number of halogens is 3. The van der Waals surface area contributed by atoms with Crippen LogP contribution in [0.2, 0.25) is 0 Å². The zero-order valence-corrected chi connectivity index (χ0v) is 11.2. The van der Waals surface area contributed by atoms with Crippen molar-refractivity contribution in [3.63, 3.8) is 0 Å². The first-order valence-corrected chi connectivity index (χ1v) is 6.46. The number of nitrogens with zero attached hydrogens (tertiary/aromatic N) is 1. The number of aliphatic hydroxyl groups excluding tert-OH is 1. The minimum Gasteiger partial charge on any atom is -0.388 e. The maximum absolute atomic E-state index is 12.4. The molecule has 1 aromatic carbocycles. The van der Waals surface area contributed by atoms with E-state index in [-0.39, 0.29) is 0 Å². The van der Waals surface area contributed by atoms with Gasteiger partial charge in [0.1, 0.15) is 0 Å². The normalized spacial score (nSPS) is 13.8. The molecule has 1 atom stereocenters. The maximum Gasteiger partial charge on any atom is 0.416 e. The molecule has 0 spiro atoms. The van der Waals surface area contributed by atoms with Crippen molar-refractivity contribution in [2.24, 2.45) is 0 Å². The van der Waals surface area contributed by atoms with Crippen molar-refractivity contribution in [3.05, 3.63) is 35.4 Å². The van der Waals surface area contributed by atoms with Gasteiger partial charge in [-0.05, 0) is 37.2 Å². The summed E-state index contributed by atoms with van der Waals surface area (Å²) in [6, 6.07) is 4.71. The van der Waals surface area contributed by atoms with Gasteiger partial charge >= 0.3 is 6.18 Å². The molecule has 1 unspecified atom stereocenters. The van der Waals surface area contributed by atoms with Crippen LogP contribution in [0.15, 0.2) is 24.3 Å². The van der Waals surface area contributed by atoms with Crippen molar-refractivity contribution in [3.8, 4) is 0 Å². The first kappa shape index (κ1) is 16.0. The predicted molar refractivity (Wildman–Crippen MR) is 68.8 cm³/mol. The van der Waals surface area contributed by atoms with Crippen molar-refractivity contribution in [1.82, 2.24) is 4.90 Å². The van der Waals surface area contributed by atoms with E-state index < -0.39 is 17.8 Å². The number of aliphatic hydroxyl groups is 1. The van der Waals surface area contributed by atoms with Gasteiger partial charge in [-0.15, -0.1) is 0 Å². The van der Waals surface area contributed by atoms with Crippen LogP contribution in [-0.2, 0) is 6.18 Å². The molecule has 1 rings (SSSR count). The molecule has 5 heteroatoms. The van der Waals surface area contributed by atoms with E-state index in [0.717, 1.165) is 31.8 Å². The highest BCUT2D eigenvalue weighted by Gasteiger charge is 2.30. The molecule has 0 radical (unpaired) electrons. The molecule has 0 heterocycles. The van der Waals surface area contributed by atoms with Gasteiger partial charge in [0.15, 0.2) is 0 Å². The zero-order valence-electron chi connectivity index (χ0n) is 11.2. The second-order valence-corrected chi connectivity index (χ2v) is 4.45. The predicted octanol–water partition coefficient (Wildman–Crippen LogP) is 3.47. The van der Waals surface area contributed by atoms with Crippen LogP contribution in [0.1, 0.15) is 37.5 Å². The largest absolute Gasteiger partial charge is 0.416 e. The van der Waals surface area contributed by atoms with Crippen molar-refractivity contribution in [1.29, 1.82) is 0 Å². The third-order valence-corrected chi connectivity index (χ3v) is 3.24. The fourth-order valence-electron chi connectivity index (χ4n) is 1.91. The molecule has 1 aromatic rings. The molecule has 108 valence electrons. The molecule has 0 aromatic heterocycles. The van der Waals surface area contributed by atoms with E-state index in [4.69, 9.17) is 0 Å². The Bertz CT molecular complexity index is 371. The SMILES string of the molecule is CCN(CC)CCC(O)c1ccc(C(F)(F)F)cc1. The Morgan fingerprint density at radius 3 is 2.05 bits per heavy atom. The second-order valence-electron chi connectivity index (χ2n) is 4.45. The van der Waals surface area contributed by atoms with Crippen molar-refractivity contribution in [2.75, 3.05) is 19.6 Å². The van der Waals surface area contributed by atoms with Crippen LogP contribution in [0, 0.1) is 0 Å². The Morgan fingerprint density at radius 1 is 1.11 bits per heavy atom. The van der Waals surface area contributed by atoms with E-state index >= 15 is 0 Å². The molecule has 0 fully saturated rings. The van der Waals surface area contributed by atoms with Gasteiger partial charge in [-0.1, -0.05) is 26.0 Å². The van der Waals surface area contributed by atoms with Crippen molar-refractivity contribution >= 4 is 0 Å². The van der Waals surface area contributed by atoms with E-state index in [0.29, 0.717) is 12.0 Å². The molecule has 0 aliphatic carbocycles. The lowest BCUT2D eigenvalue weighted by molar-refractivity contribution is -0.137. The van der Waals surface area contributed by atoms with E-state index in [1.807, 2.05) is 13.8 Å². The molecule has 0 saturated carbocycles. The van der Waals surface area contributed by atoms with Crippen LogP contribution in [0.3, 0.4) is 0 Å².